The molecule has 110 valence electrons. The molecule has 1 saturated carbocycles. The maximum atomic E-state index is 12.5. The molecule has 0 unspecified atom stereocenters. The fraction of sp³-hybridized carbons (Fsp3) is 0.588. The zero-order chi connectivity index (χ0) is 14.2. The molecule has 0 bridgehead atoms. The van der Waals surface area contributed by atoms with Crippen molar-refractivity contribution in [3.8, 4) is 0 Å². The van der Waals surface area contributed by atoms with E-state index in [0.717, 1.165) is 19.3 Å². The lowest BCUT2D eigenvalue weighted by molar-refractivity contribution is -0.137. The number of nitrogens with zero attached hydrogens (tertiary/aromatic N) is 1. The van der Waals surface area contributed by atoms with Gasteiger partial charge in [0.25, 0.3) is 0 Å². The number of carbonyl (C=O) groups is 1. The molecular weight excluding hydrogens is 250 g/mol. The van der Waals surface area contributed by atoms with Crippen LogP contribution in [0.25, 0.3) is 0 Å². The molecular formula is C17H25NO2. The Morgan fingerprint density at radius 2 is 1.80 bits per heavy atom. The van der Waals surface area contributed by atoms with E-state index in [-0.39, 0.29) is 18.4 Å². The number of aliphatic hydroxyl groups is 1. The molecule has 20 heavy (non-hydrogen) atoms. The summed E-state index contributed by atoms with van der Waals surface area (Å²) in [6.07, 6.45) is 6.50. The Balaban J connectivity index is 1.90. The van der Waals surface area contributed by atoms with E-state index in [1.807, 2.05) is 23.1 Å². The Morgan fingerprint density at radius 3 is 2.45 bits per heavy atom. The second kappa shape index (κ2) is 8.05. The van der Waals surface area contributed by atoms with Gasteiger partial charge in [-0.15, -0.1) is 0 Å². The maximum Gasteiger partial charge on any atom is 0.225 e. The summed E-state index contributed by atoms with van der Waals surface area (Å²) in [5.74, 6) is 0.431. The van der Waals surface area contributed by atoms with Crippen molar-refractivity contribution in [1.29, 1.82) is 0 Å². The topological polar surface area (TPSA) is 40.5 Å². The monoisotopic (exact) mass is 275 g/mol. The van der Waals surface area contributed by atoms with Crippen LogP contribution < -0.4 is 0 Å². The van der Waals surface area contributed by atoms with Crippen LogP contribution in [0.4, 0.5) is 0 Å². The van der Waals surface area contributed by atoms with Gasteiger partial charge in [-0.2, -0.15) is 0 Å². The summed E-state index contributed by atoms with van der Waals surface area (Å²) in [6, 6.07) is 10.2. The van der Waals surface area contributed by atoms with Crippen LogP contribution in [0, 0.1) is 5.92 Å². The van der Waals surface area contributed by atoms with Crippen LogP contribution in [0.5, 0.6) is 0 Å². The first kappa shape index (κ1) is 15.0. The molecule has 1 aliphatic carbocycles. The number of benzene rings is 1. The number of amides is 1. The summed E-state index contributed by atoms with van der Waals surface area (Å²) in [4.78, 5) is 14.4. The minimum absolute atomic E-state index is 0.0489. The van der Waals surface area contributed by atoms with E-state index < -0.39 is 0 Å². The van der Waals surface area contributed by atoms with Crippen LogP contribution >= 0.6 is 0 Å². The van der Waals surface area contributed by atoms with Crippen LogP contribution in [-0.2, 0) is 11.2 Å². The Hall–Kier alpha value is -1.35. The Morgan fingerprint density at radius 1 is 1.10 bits per heavy atom. The molecule has 0 aromatic heterocycles. The molecule has 1 aliphatic rings. The van der Waals surface area contributed by atoms with Crippen molar-refractivity contribution in [2.75, 3.05) is 19.7 Å². The van der Waals surface area contributed by atoms with Gasteiger partial charge in [0.05, 0.1) is 6.61 Å². The highest BCUT2D eigenvalue weighted by atomic mass is 16.3. The van der Waals surface area contributed by atoms with Crippen LogP contribution in [0.3, 0.4) is 0 Å². The summed E-state index contributed by atoms with van der Waals surface area (Å²) >= 11 is 0. The average molecular weight is 275 g/mol. The molecule has 0 atom stereocenters. The van der Waals surface area contributed by atoms with Crippen molar-refractivity contribution in [3.05, 3.63) is 35.9 Å². The maximum absolute atomic E-state index is 12.5. The number of rotatable bonds is 6. The van der Waals surface area contributed by atoms with Crippen molar-refractivity contribution in [3.63, 3.8) is 0 Å². The van der Waals surface area contributed by atoms with Gasteiger partial charge in [0, 0.05) is 19.0 Å². The molecule has 3 heteroatoms. The van der Waals surface area contributed by atoms with E-state index in [9.17, 15) is 9.90 Å². The minimum Gasteiger partial charge on any atom is -0.395 e. The molecule has 0 heterocycles. The molecule has 3 nitrogen and oxygen atoms in total. The molecule has 1 fully saturated rings. The van der Waals surface area contributed by atoms with Crippen LogP contribution in [-0.4, -0.2) is 35.6 Å². The van der Waals surface area contributed by atoms with Gasteiger partial charge in [-0.1, -0.05) is 49.6 Å². The molecule has 1 aromatic rings. The summed E-state index contributed by atoms with van der Waals surface area (Å²) in [5, 5.41) is 9.19. The molecule has 1 amide bonds. The highest BCUT2D eigenvalue weighted by Gasteiger charge is 2.25. The first-order chi connectivity index (χ1) is 9.81. The predicted molar refractivity (Wildman–Crippen MR) is 80.4 cm³/mol. The second-order valence-electron chi connectivity index (χ2n) is 5.62. The SMILES string of the molecule is O=C(C1CCCCC1)N(CCO)CCc1ccccc1. The Bertz CT molecular complexity index is 399. The summed E-state index contributed by atoms with van der Waals surface area (Å²) in [7, 11) is 0. The standard InChI is InChI=1S/C17H25NO2/c19-14-13-18(12-11-15-7-3-1-4-8-15)17(20)16-9-5-2-6-10-16/h1,3-4,7-8,16,19H,2,5-6,9-14H2. The lowest BCUT2D eigenvalue weighted by atomic mass is 9.88. The van der Waals surface area contributed by atoms with Crippen LogP contribution in [0.2, 0.25) is 0 Å². The fourth-order valence-electron chi connectivity index (χ4n) is 2.97. The zero-order valence-electron chi connectivity index (χ0n) is 12.1. The molecule has 2 rings (SSSR count). The molecule has 0 aliphatic heterocycles. The fourth-order valence-corrected chi connectivity index (χ4v) is 2.97. The number of hydrogen-bond acceptors (Lipinski definition) is 2. The molecule has 0 saturated heterocycles. The van der Waals surface area contributed by atoms with Gasteiger partial charge in [0.2, 0.25) is 5.91 Å². The van der Waals surface area contributed by atoms with Crippen molar-refractivity contribution < 1.29 is 9.90 Å². The van der Waals surface area contributed by atoms with Crippen molar-refractivity contribution in [2.45, 2.75) is 38.5 Å². The van der Waals surface area contributed by atoms with Gasteiger partial charge in [-0.3, -0.25) is 4.79 Å². The average Bonchev–Trinajstić information content (AvgIpc) is 2.52. The van der Waals surface area contributed by atoms with Gasteiger partial charge in [-0.25, -0.2) is 0 Å². The lowest BCUT2D eigenvalue weighted by Gasteiger charge is -2.29. The first-order valence-corrected chi connectivity index (χ1v) is 7.75. The van der Waals surface area contributed by atoms with E-state index in [4.69, 9.17) is 0 Å². The minimum atomic E-state index is 0.0489. The molecule has 0 spiro atoms. The lowest BCUT2D eigenvalue weighted by Crippen LogP contribution is -2.40. The predicted octanol–water partition coefficient (Wildman–Crippen LogP) is 2.63. The van der Waals surface area contributed by atoms with E-state index in [1.54, 1.807) is 0 Å². The molecule has 1 N–H and O–H groups in total. The number of hydrogen-bond donors (Lipinski definition) is 1. The Labute approximate surface area is 121 Å². The van der Waals surface area contributed by atoms with Crippen LogP contribution in [0.1, 0.15) is 37.7 Å². The highest BCUT2D eigenvalue weighted by molar-refractivity contribution is 5.79. The van der Waals surface area contributed by atoms with Crippen molar-refractivity contribution in [2.24, 2.45) is 5.92 Å². The smallest absolute Gasteiger partial charge is 0.225 e. The highest BCUT2D eigenvalue weighted by Crippen LogP contribution is 2.25. The van der Waals surface area contributed by atoms with Gasteiger partial charge in [0.15, 0.2) is 0 Å². The van der Waals surface area contributed by atoms with Crippen molar-refractivity contribution in [1.82, 2.24) is 4.90 Å². The van der Waals surface area contributed by atoms with Crippen LogP contribution in [0.15, 0.2) is 30.3 Å². The third-order valence-electron chi connectivity index (χ3n) is 4.15. The Kier molecular flexibility index (Phi) is 6.06. The van der Waals surface area contributed by atoms with E-state index in [1.165, 1.54) is 24.8 Å². The second-order valence-corrected chi connectivity index (χ2v) is 5.62. The van der Waals surface area contributed by atoms with E-state index in [0.29, 0.717) is 13.1 Å². The molecule has 1 aromatic carbocycles. The molecule has 0 radical (unpaired) electrons. The normalized spacial score (nSPS) is 16.1. The van der Waals surface area contributed by atoms with Gasteiger partial charge in [-0.05, 0) is 24.8 Å². The third kappa shape index (κ3) is 4.34. The van der Waals surface area contributed by atoms with E-state index in [2.05, 4.69) is 12.1 Å². The summed E-state index contributed by atoms with van der Waals surface area (Å²) < 4.78 is 0. The van der Waals surface area contributed by atoms with E-state index >= 15 is 0 Å². The van der Waals surface area contributed by atoms with Gasteiger partial charge < -0.3 is 10.0 Å². The third-order valence-corrected chi connectivity index (χ3v) is 4.15. The summed E-state index contributed by atoms with van der Waals surface area (Å²) in [6.45, 7) is 1.22. The quantitative estimate of drug-likeness (QED) is 0.867. The summed E-state index contributed by atoms with van der Waals surface area (Å²) in [5.41, 5.74) is 1.24. The number of carbonyl (C=O) groups excluding carboxylic acids is 1. The zero-order valence-corrected chi connectivity index (χ0v) is 12.1. The van der Waals surface area contributed by atoms with Gasteiger partial charge >= 0.3 is 0 Å². The largest absolute Gasteiger partial charge is 0.395 e. The first-order valence-electron chi connectivity index (χ1n) is 7.75. The van der Waals surface area contributed by atoms with Gasteiger partial charge in [0.1, 0.15) is 0 Å². The number of aliphatic hydroxyl groups excluding tert-OH is 1. The van der Waals surface area contributed by atoms with Crippen molar-refractivity contribution >= 4 is 5.91 Å².